The second-order valence-electron chi connectivity index (χ2n) is 6.07. The summed E-state index contributed by atoms with van der Waals surface area (Å²) in [5, 5.41) is 10.9. The molecule has 1 heterocycles. The normalized spacial score (nSPS) is 13.3. The Morgan fingerprint density at radius 1 is 1.07 bits per heavy atom. The Balaban J connectivity index is 1.91. The first-order valence-electron chi connectivity index (χ1n) is 8.36. The van der Waals surface area contributed by atoms with Gasteiger partial charge in [-0.25, -0.2) is 4.79 Å². The van der Waals surface area contributed by atoms with E-state index in [-0.39, 0.29) is 22.4 Å². The highest BCUT2D eigenvalue weighted by Gasteiger charge is 2.37. The number of benzene rings is 2. The van der Waals surface area contributed by atoms with Gasteiger partial charge in [0.2, 0.25) is 0 Å². The number of rotatable bonds is 6. The topological polar surface area (TPSA) is 124 Å². The average Bonchev–Trinajstić information content (AvgIpc) is 2.96. The predicted molar refractivity (Wildman–Crippen MR) is 99.9 cm³/mol. The molecule has 0 aliphatic carbocycles. The summed E-state index contributed by atoms with van der Waals surface area (Å²) in [5.74, 6) is -3.10. The molecule has 0 saturated carbocycles. The van der Waals surface area contributed by atoms with E-state index < -0.39 is 40.6 Å². The van der Waals surface area contributed by atoms with Gasteiger partial charge in [-0.15, -0.1) is 0 Å². The number of Topliss-reactive ketones (excluding diaryl/α,β-unsaturated/α-hetero) is 1. The van der Waals surface area contributed by atoms with Crippen molar-refractivity contribution >= 4 is 35.3 Å². The van der Waals surface area contributed by atoms with E-state index in [1.807, 2.05) is 0 Å². The van der Waals surface area contributed by atoms with Crippen molar-refractivity contribution in [2.75, 3.05) is 13.7 Å². The quantitative estimate of drug-likeness (QED) is 0.140. The third-order valence-electron chi connectivity index (χ3n) is 4.28. The van der Waals surface area contributed by atoms with Gasteiger partial charge in [0.05, 0.1) is 29.7 Å². The van der Waals surface area contributed by atoms with Gasteiger partial charge >= 0.3 is 5.97 Å². The van der Waals surface area contributed by atoms with Crippen molar-refractivity contribution in [2.24, 2.45) is 0 Å². The summed E-state index contributed by atoms with van der Waals surface area (Å²) in [5.41, 5.74) is -0.101. The number of fused-ring (bicyclic) bond motifs is 1. The lowest BCUT2D eigenvalue weighted by Gasteiger charge is -2.13. The number of nitro benzene ring substituents is 1. The van der Waals surface area contributed by atoms with Crippen LogP contribution < -0.4 is 0 Å². The smallest absolute Gasteiger partial charge is 0.341 e. The highest BCUT2D eigenvalue weighted by atomic mass is 16.6. The largest absolute Gasteiger partial charge is 0.465 e. The first-order valence-corrected chi connectivity index (χ1v) is 8.36. The van der Waals surface area contributed by atoms with Gasteiger partial charge in [0.15, 0.2) is 5.78 Å². The van der Waals surface area contributed by atoms with Gasteiger partial charge in [-0.1, -0.05) is 24.3 Å². The number of carbonyl (C=O) groups excluding carboxylic acids is 4. The van der Waals surface area contributed by atoms with Crippen LogP contribution in [0, 0.1) is 10.1 Å². The Morgan fingerprint density at radius 3 is 2.24 bits per heavy atom. The SMILES string of the molecule is COC(=O)/C(=C/c1cccc([N+](=O)[O-])c1)C(=O)CN1C(=O)c2ccccc2C1=O. The van der Waals surface area contributed by atoms with Crippen molar-refractivity contribution in [3.8, 4) is 0 Å². The molecule has 2 aromatic rings. The number of non-ortho nitro benzene ring substituents is 1. The van der Waals surface area contributed by atoms with Crippen LogP contribution in [-0.4, -0.2) is 47.0 Å². The molecule has 0 unspecified atom stereocenters. The van der Waals surface area contributed by atoms with Crippen LogP contribution >= 0.6 is 0 Å². The fourth-order valence-corrected chi connectivity index (χ4v) is 2.87. The molecule has 0 atom stereocenters. The Morgan fingerprint density at radius 2 is 1.69 bits per heavy atom. The standard InChI is InChI=1S/C20H14N2O7/c1-29-20(26)16(10-12-5-4-6-13(9-12)22(27)28)17(23)11-21-18(24)14-7-2-3-8-15(14)19(21)25/h2-10H,11H2,1H3/b16-10+. The molecule has 2 aromatic carbocycles. The number of methoxy groups -OCH3 is 1. The number of amides is 2. The zero-order valence-corrected chi connectivity index (χ0v) is 15.2. The summed E-state index contributed by atoms with van der Waals surface area (Å²) in [6, 6.07) is 11.4. The molecule has 2 amide bonds. The molecule has 1 aliphatic rings. The zero-order chi connectivity index (χ0) is 21.1. The van der Waals surface area contributed by atoms with Crippen LogP contribution in [0.2, 0.25) is 0 Å². The van der Waals surface area contributed by atoms with Gasteiger partial charge in [0.25, 0.3) is 17.5 Å². The maximum absolute atomic E-state index is 12.7. The molecule has 0 bridgehead atoms. The molecular formula is C20H14N2O7. The van der Waals surface area contributed by atoms with Gasteiger partial charge in [-0.05, 0) is 23.8 Å². The van der Waals surface area contributed by atoms with E-state index in [0.717, 1.165) is 18.1 Å². The van der Waals surface area contributed by atoms with E-state index in [4.69, 9.17) is 0 Å². The van der Waals surface area contributed by atoms with Crippen molar-refractivity contribution in [3.63, 3.8) is 0 Å². The Hall–Kier alpha value is -4.14. The minimum Gasteiger partial charge on any atom is -0.465 e. The monoisotopic (exact) mass is 394 g/mol. The molecule has 146 valence electrons. The minimum atomic E-state index is -0.988. The average molecular weight is 394 g/mol. The maximum atomic E-state index is 12.7. The lowest BCUT2D eigenvalue weighted by molar-refractivity contribution is -0.384. The first-order chi connectivity index (χ1) is 13.8. The fourth-order valence-electron chi connectivity index (χ4n) is 2.87. The van der Waals surface area contributed by atoms with Crippen molar-refractivity contribution in [1.29, 1.82) is 0 Å². The molecule has 9 nitrogen and oxygen atoms in total. The summed E-state index contributed by atoms with van der Waals surface area (Å²) in [4.78, 5) is 60.7. The Bertz CT molecular complexity index is 1050. The number of ketones is 1. The molecular weight excluding hydrogens is 380 g/mol. The van der Waals surface area contributed by atoms with Gasteiger partial charge < -0.3 is 4.74 Å². The summed E-state index contributed by atoms with van der Waals surface area (Å²) < 4.78 is 4.61. The molecule has 0 radical (unpaired) electrons. The number of carbonyl (C=O) groups is 4. The van der Waals surface area contributed by atoms with Crippen LogP contribution in [0.3, 0.4) is 0 Å². The summed E-state index contributed by atoms with van der Waals surface area (Å²) >= 11 is 0. The Labute approximate surface area is 164 Å². The van der Waals surface area contributed by atoms with E-state index in [0.29, 0.717) is 0 Å². The number of ether oxygens (including phenoxy) is 1. The molecule has 0 aromatic heterocycles. The summed E-state index contributed by atoms with van der Waals surface area (Å²) in [7, 11) is 1.07. The number of nitrogens with zero attached hydrogens (tertiary/aromatic N) is 2. The van der Waals surface area contributed by atoms with Crippen molar-refractivity contribution in [3.05, 3.63) is 80.9 Å². The van der Waals surface area contributed by atoms with Gasteiger partial charge in [0.1, 0.15) is 5.57 Å². The third kappa shape index (κ3) is 3.79. The molecule has 3 rings (SSSR count). The van der Waals surface area contributed by atoms with Crippen LogP contribution in [-0.2, 0) is 14.3 Å². The maximum Gasteiger partial charge on any atom is 0.341 e. The van der Waals surface area contributed by atoms with Crippen LogP contribution in [0.15, 0.2) is 54.1 Å². The van der Waals surface area contributed by atoms with Gasteiger partial charge in [-0.3, -0.25) is 29.4 Å². The zero-order valence-electron chi connectivity index (χ0n) is 15.2. The van der Waals surface area contributed by atoms with Crippen LogP contribution in [0.25, 0.3) is 6.08 Å². The van der Waals surface area contributed by atoms with Gasteiger partial charge in [-0.2, -0.15) is 0 Å². The van der Waals surface area contributed by atoms with E-state index in [2.05, 4.69) is 4.74 Å². The van der Waals surface area contributed by atoms with E-state index >= 15 is 0 Å². The van der Waals surface area contributed by atoms with Crippen LogP contribution in [0.4, 0.5) is 5.69 Å². The number of hydrogen-bond donors (Lipinski definition) is 0. The van der Waals surface area contributed by atoms with Crippen LogP contribution in [0.1, 0.15) is 26.3 Å². The fraction of sp³-hybridized carbons (Fsp3) is 0.100. The second kappa shape index (κ2) is 7.85. The van der Waals surface area contributed by atoms with E-state index in [1.54, 1.807) is 12.1 Å². The predicted octanol–water partition coefficient (Wildman–Crippen LogP) is 2.02. The molecule has 0 N–H and O–H groups in total. The summed E-state index contributed by atoms with van der Waals surface area (Å²) in [6.45, 7) is -0.664. The van der Waals surface area contributed by atoms with Crippen LogP contribution in [0.5, 0.6) is 0 Å². The minimum absolute atomic E-state index is 0.174. The number of esters is 1. The molecule has 0 fully saturated rings. The van der Waals surface area contributed by atoms with Crippen molar-refractivity contribution in [2.45, 2.75) is 0 Å². The lowest BCUT2D eigenvalue weighted by Crippen LogP contribution is -2.36. The second-order valence-corrected chi connectivity index (χ2v) is 6.07. The third-order valence-corrected chi connectivity index (χ3v) is 4.28. The Kier molecular flexibility index (Phi) is 5.31. The van der Waals surface area contributed by atoms with Crippen molar-refractivity contribution in [1.82, 2.24) is 4.90 Å². The van der Waals surface area contributed by atoms with E-state index in [1.165, 1.54) is 36.4 Å². The molecule has 9 heteroatoms. The lowest BCUT2D eigenvalue weighted by atomic mass is 10.1. The molecule has 0 spiro atoms. The number of hydrogen-bond acceptors (Lipinski definition) is 7. The molecule has 1 aliphatic heterocycles. The van der Waals surface area contributed by atoms with Gasteiger partial charge in [0, 0.05) is 12.1 Å². The number of imide groups is 1. The molecule has 29 heavy (non-hydrogen) atoms. The van der Waals surface area contributed by atoms with Crippen molar-refractivity contribution < 1.29 is 28.8 Å². The first kappa shape index (κ1) is 19.6. The summed E-state index contributed by atoms with van der Waals surface area (Å²) in [6.07, 6.45) is 1.12. The molecule has 0 saturated heterocycles. The number of nitro groups is 1. The highest BCUT2D eigenvalue weighted by Crippen LogP contribution is 2.23. The highest BCUT2D eigenvalue weighted by molar-refractivity contribution is 6.26. The van der Waals surface area contributed by atoms with E-state index in [9.17, 15) is 29.3 Å².